The third-order valence-corrected chi connectivity index (χ3v) is 5.16. The summed E-state index contributed by atoms with van der Waals surface area (Å²) in [7, 11) is -3.75. The van der Waals surface area contributed by atoms with Crippen LogP contribution in [0, 0.1) is 11.2 Å². The summed E-state index contributed by atoms with van der Waals surface area (Å²) in [5, 5.41) is 0.229. The zero-order valence-electron chi connectivity index (χ0n) is 14.5. The molecule has 25 heavy (non-hydrogen) atoms. The molecule has 0 saturated heterocycles. The van der Waals surface area contributed by atoms with Crippen molar-refractivity contribution in [1.29, 1.82) is 0 Å². The minimum atomic E-state index is -3.75. The molecule has 0 bridgehead atoms. The van der Waals surface area contributed by atoms with Gasteiger partial charge >= 0.3 is 0 Å². The maximum atomic E-state index is 13.9. The summed E-state index contributed by atoms with van der Waals surface area (Å²) in [6.07, 6.45) is 3.86. The molecule has 0 aliphatic carbocycles. The van der Waals surface area contributed by atoms with Gasteiger partial charge in [-0.15, -0.1) is 0 Å². The van der Waals surface area contributed by atoms with E-state index >= 15 is 0 Å². The third-order valence-electron chi connectivity index (χ3n) is 3.59. The monoisotopic (exact) mass is 384 g/mol. The van der Waals surface area contributed by atoms with Gasteiger partial charge in [-0.2, -0.15) is 0 Å². The van der Waals surface area contributed by atoms with Gasteiger partial charge in [0.05, 0.1) is 5.75 Å². The molecule has 0 aliphatic heterocycles. The van der Waals surface area contributed by atoms with Gasteiger partial charge in [-0.1, -0.05) is 44.5 Å². The van der Waals surface area contributed by atoms with Crippen molar-refractivity contribution >= 4 is 21.6 Å². The van der Waals surface area contributed by atoms with Crippen molar-refractivity contribution in [3.63, 3.8) is 0 Å². The summed E-state index contributed by atoms with van der Waals surface area (Å²) in [6.45, 7) is 6.09. The molecule has 1 N–H and O–H groups in total. The maximum absolute atomic E-state index is 13.9. The van der Waals surface area contributed by atoms with Crippen LogP contribution in [0.25, 0.3) is 0 Å². The van der Waals surface area contributed by atoms with E-state index in [1.54, 1.807) is 18.5 Å². The molecule has 2 aromatic rings. The summed E-state index contributed by atoms with van der Waals surface area (Å²) >= 11 is 5.71. The molecule has 4 nitrogen and oxygen atoms in total. The van der Waals surface area contributed by atoms with Gasteiger partial charge in [0, 0.05) is 29.0 Å². The fraction of sp³-hybridized carbons (Fsp3) is 0.389. The Labute approximate surface area is 153 Å². The molecule has 1 atom stereocenters. The maximum Gasteiger partial charge on any atom is 0.216 e. The molecular weight excluding hydrogens is 363 g/mol. The summed E-state index contributed by atoms with van der Waals surface area (Å²) in [5.74, 6) is -1.08. The van der Waals surface area contributed by atoms with Crippen LogP contribution in [-0.2, 0) is 15.8 Å². The normalized spacial score (nSPS) is 13.6. The molecule has 0 fully saturated rings. The van der Waals surface area contributed by atoms with E-state index in [0.717, 1.165) is 11.6 Å². The quantitative estimate of drug-likeness (QED) is 0.799. The predicted molar refractivity (Wildman–Crippen MR) is 98.2 cm³/mol. The molecule has 1 heterocycles. The van der Waals surface area contributed by atoms with E-state index in [1.165, 1.54) is 12.1 Å². The van der Waals surface area contributed by atoms with Crippen molar-refractivity contribution in [2.75, 3.05) is 0 Å². The molecule has 136 valence electrons. The number of nitrogens with zero attached hydrogens (tertiary/aromatic N) is 1. The second kappa shape index (κ2) is 7.81. The van der Waals surface area contributed by atoms with Gasteiger partial charge in [0.1, 0.15) is 5.82 Å². The summed E-state index contributed by atoms with van der Waals surface area (Å²) in [6, 6.07) is 7.13. The first-order chi connectivity index (χ1) is 11.6. The van der Waals surface area contributed by atoms with Crippen molar-refractivity contribution in [3.05, 3.63) is 64.7 Å². The highest BCUT2D eigenvalue weighted by molar-refractivity contribution is 7.88. The molecule has 0 spiro atoms. The Morgan fingerprint density at radius 1 is 1.28 bits per heavy atom. The van der Waals surface area contributed by atoms with Crippen molar-refractivity contribution in [1.82, 2.24) is 9.71 Å². The topological polar surface area (TPSA) is 59.1 Å². The fourth-order valence-electron chi connectivity index (χ4n) is 2.52. The van der Waals surface area contributed by atoms with Crippen molar-refractivity contribution in [2.24, 2.45) is 5.41 Å². The Kier molecular flexibility index (Phi) is 6.19. The molecule has 0 saturated carbocycles. The van der Waals surface area contributed by atoms with Crippen LogP contribution in [0.15, 0.2) is 42.7 Å². The van der Waals surface area contributed by atoms with Crippen molar-refractivity contribution in [2.45, 2.75) is 39.0 Å². The van der Waals surface area contributed by atoms with Crippen LogP contribution in [0.5, 0.6) is 0 Å². The second-order valence-corrected chi connectivity index (χ2v) is 9.41. The Morgan fingerprint density at radius 3 is 2.56 bits per heavy atom. The lowest BCUT2D eigenvalue weighted by atomic mass is 9.86. The van der Waals surface area contributed by atoms with E-state index in [-0.39, 0.29) is 16.0 Å². The number of benzene rings is 1. The average molecular weight is 385 g/mol. The lowest BCUT2D eigenvalue weighted by molar-refractivity contribution is 0.330. The number of aromatic nitrogens is 1. The first kappa shape index (κ1) is 19.8. The number of halogens is 2. The van der Waals surface area contributed by atoms with Crippen LogP contribution in [-0.4, -0.2) is 13.4 Å². The lowest BCUT2D eigenvalue weighted by Gasteiger charge is -2.27. The van der Waals surface area contributed by atoms with Gasteiger partial charge in [0.25, 0.3) is 0 Å². The fourth-order valence-corrected chi connectivity index (χ4v) is 4.06. The van der Waals surface area contributed by atoms with Gasteiger partial charge in [0.15, 0.2) is 0 Å². The van der Waals surface area contributed by atoms with Gasteiger partial charge in [-0.3, -0.25) is 4.98 Å². The third kappa shape index (κ3) is 6.38. The van der Waals surface area contributed by atoms with Crippen LogP contribution in [0.4, 0.5) is 4.39 Å². The molecule has 0 aliphatic rings. The van der Waals surface area contributed by atoms with Crippen molar-refractivity contribution < 1.29 is 12.8 Å². The number of hydrogen-bond acceptors (Lipinski definition) is 3. The van der Waals surface area contributed by atoms with Crippen LogP contribution < -0.4 is 4.72 Å². The van der Waals surface area contributed by atoms with Crippen LogP contribution in [0.3, 0.4) is 0 Å². The van der Waals surface area contributed by atoms with Crippen LogP contribution >= 0.6 is 11.6 Å². The molecule has 1 aromatic carbocycles. The van der Waals surface area contributed by atoms with E-state index in [1.807, 2.05) is 26.8 Å². The highest BCUT2D eigenvalue weighted by Crippen LogP contribution is 2.30. The van der Waals surface area contributed by atoms with Gasteiger partial charge in [-0.25, -0.2) is 17.5 Å². The minimum Gasteiger partial charge on any atom is -0.264 e. The highest BCUT2D eigenvalue weighted by Gasteiger charge is 2.25. The zero-order valence-corrected chi connectivity index (χ0v) is 16.0. The number of pyridine rings is 1. The van der Waals surface area contributed by atoms with E-state index in [2.05, 4.69) is 9.71 Å². The molecule has 0 amide bonds. The first-order valence-electron chi connectivity index (χ1n) is 7.90. The van der Waals surface area contributed by atoms with Crippen molar-refractivity contribution in [3.8, 4) is 0 Å². The number of nitrogens with one attached hydrogen (secondary N) is 1. The van der Waals surface area contributed by atoms with E-state index in [4.69, 9.17) is 11.6 Å². The molecule has 1 unspecified atom stereocenters. The predicted octanol–water partition coefficient (Wildman–Crippen LogP) is 4.47. The largest absolute Gasteiger partial charge is 0.264 e. The smallest absolute Gasteiger partial charge is 0.216 e. The Hall–Kier alpha value is -1.50. The zero-order chi connectivity index (χ0) is 18.7. The van der Waals surface area contributed by atoms with Gasteiger partial charge < -0.3 is 0 Å². The Balaban J connectivity index is 2.24. The molecule has 7 heteroatoms. The van der Waals surface area contributed by atoms with E-state index in [9.17, 15) is 12.8 Å². The van der Waals surface area contributed by atoms with E-state index < -0.39 is 27.6 Å². The summed E-state index contributed by atoms with van der Waals surface area (Å²) in [4.78, 5) is 4.06. The summed E-state index contributed by atoms with van der Waals surface area (Å²) < 4.78 is 41.8. The molecule has 1 aromatic heterocycles. The molecule has 0 radical (unpaired) electrons. The average Bonchev–Trinajstić information content (AvgIpc) is 2.49. The SMILES string of the molecule is CC(C)(C)CC(NS(=O)(=O)Cc1ccc(Cl)cc1F)c1cccnc1. The molecular formula is C18H22ClFN2O2S. The Bertz CT molecular complexity index is 821. The van der Waals surface area contributed by atoms with Crippen LogP contribution in [0.1, 0.15) is 44.4 Å². The number of rotatable bonds is 6. The molecule has 2 rings (SSSR count). The Morgan fingerprint density at radius 2 is 2.00 bits per heavy atom. The highest BCUT2D eigenvalue weighted by atomic mass is 35.5. The minimum absolute atomic E-state index is 0.0811. The standard InChI is InChI=1S/C18H22ClFN2O2S/c1-18(2,3)10-17(13-5-4-8-21-11-13)22-25(23,24)12-14-6-7-15(19)9-16(14)20/h4-9,11,17,22H,10,12H2,1-3H3. The second-order valence-electron chi connectivity index (χ2n) is 7.22. The lowest BCUT2D eigenvalue weighted by Crippen LogP contribution is -2.32. The number of sulfonamides is 1. The number of hydrogen-bond donors (Lipinski definition) is 1. The van der Waals surface area contributed by atoms with Gasteiger partial charge in [-0.05, 0) is 35.6 Å². The summed E-state index contributed by atoms with van der Waals surface area (Å²) in [5.41, 5.74) is 0.754. The first-order valence-corrected chi connectivity index (χ1v) is 9.93. The van der Waals surface area contributed by atoms with Crippen LogP contribution in [0.2, 0.25) is 5.02 Å². The van der Waals surface area contributed by atoms with E-state index in [0.29, 0.717) is 6.42 Å². The van der Waals surface area contributed by atoms with Gasteiger partial charge in [0.2, 0.25) is 10.0 Å².